The smallest absolute Gasteiger partial charge is 0.357 e. The Morgan fingerprint density at radius 2 is 1.79 bits per heavy atom. The van der Waals surface area contributed by atoms with Gasteiger partial charge >= 0.3 is 5.97 Å². The molecule has 2 aromatic heterocycles. The van der Waals surface area contributed by atoms with Crippen molar-refractivity contribution in [1.29, 1.82) is 0 Å². The minimum Gasteiger partial charge on any atom is -0.497 e. The van der Waals surface area contributed by atoms with Gasteiger partial charge in [-0.2, -0.15) is 5.10 Å². The van der Waals surface area contributed by atoms with E-state index >= 15 is 0 Å². The maximum absolute atomic E-state index is 12.3. The molecule has 2 heterocycles. The molecule has 2 aromatic carbocycles. The molecule has 0 aliphatic rings. The summed E-state index contributed by atoms with van der Waals surface area (Å²) >= 11 is 0. The van der Waals surface area contributed by atoms with Gasteiger partial charge in [0.05, 0.1) is 25.1 Å². The quantitative estimate of drug-likeness (QED) is 0.489. The molecular weight excluding hydrogens is 354 g/mol. The molecule has 0 aliphatic heterocycles. The number of methoxy groups -OCH3 is 1. The molecule has 6 heteroatoms. The van der Waals surface area contributed by atoms with Crippen molar-refractivity contribution < 1.29 is 14.3 Å². The third kappa shape index (κ3) is 3.32. The Balaban J connectivity index is 1.94. The summed E-state index contributed by atoms with van der Waals surface area (Å²) in [6, 6.07) is 21.0. The van der Waals surface area contributed by atoms with Crippen LogP contribution < -0.4 is 4.74 Å². The van der Waals surface area contributed by atoms with Crippen molar-refractivity contribution in [2.45, 2.75) is 6.92 Å². The van der Waals surface area contributed by atoms with E-state index in [2.05, 4.69) is 4.98 Å². The Bertz CT molecular complexity index is 1140. The van der Waals surface area contributed by atoms with E-state index in [1.54, 1.807) is 24.6 Å². The highest BCUT2D eigenvalue weighted by Gasteiger charge is 2.17. The first-order chi connectivity index (χ1) is 13.7. The molecule has 6 nitrogen and oxygen atoms in total. The number of ether oxygens (including phenoxy) is 2. The molecule has 4 rings (SSSR count). The third-order valence-electron chi connectivity index (χ3n) is 4.35. The molecule has 0 aliphatic carbocycles. The van der Waals surface area contributed by atoms with E-state index in [0.29, 0.717) is 5.65 Å². The number of hydrogen-bond acceptors (Lipinski definition) is 5. The van der Waals surface area contributed by atoms with E-state index in [4.69, 9.17) is 14.6 Å². The molecule has 0 atom stereocenters. The average molecular weight is 373 g/mol. The van der Waals surface area contributed by atoms with Crippen LogP contribution in [0.2, 0.25) is 0 Å². The van der Waals surface area contributed by atoms with E-state index in [-0.39, 0.29) is 12.3 Å². The van der Waals surface area contributed by atoms with E-state index in [1.807, 2.05) is 60.7 Å². The van der Waals surface area contributed by atoms with Crippen molar-refractivity contribution >= 4 is 11.6 Å². The van der Waals surface area contributed by atoms with E-state index in [9.17, 15) is 4.79 Å². The lowest BCUT2D eigenvalue weighted by atomic mass is 10.1. The third-order valence-corrected chi connectivity index (χ3v) is 4.35. The Kier molecular flexibility index (Phi) is 4.76. The number of rotatable bonds is 5. The van der Waals surface area contributed by atoms with Crippen molar-refractivity contribution in [3.8, 4) is 28.3 Å². The minimum atomic E-state index is -0.461. The average Bonchev–Trinajstić information content (AvgIpc) is 3.18. The Morgan fingerprint density at radius 1 is 1.00 bits per heavy atom. The lowest BCUT2D eigenvalue weighted by Crippen LogP contribution is -2.09. The monoisotopic (exact) mass is 373 g/mol. The highest BCUT2D eigenvalue weighted by Crippen LogP contribution is 2.27. The second-order valence-corrected chi connectivity index (χ2v) is 6.14. The first-order valence-electron chi connectivity index (χ1n) is 8.97. The van der Waals surface area contributed by atoms with Crippen LogP contribution in [0, 0.1) is 0 Å². The summed E-state index contributed by atoms with van der Waals surface area (Å²) in [5.74, 6) is 0.257. The molecule has 140 valence electrons. The van der Waals surface area contributed by atoms with Gasteiger partial charge in [0.15, 0.2) is 11.3 Å². The first kappa shape index (κ1) is 17.7. The van der Waals surface area contributed by atoms with E-state index in [1.165, 1.54) is 0 Å². The van der Waals surface area contributed by atoms with Gasteiger partial charge in [0.25, 0.3) is 0 Å². The van der Waals surface area contributed by atoms with Crippen LogP contribution in [0.1, 0.15) is 17.4 Å². The number of carbonyl (C=O) groups is 1. The molecular formula is C22H19N3O3. The molecule has 4 aromatic rings. The standard InChI is InChI=1S/C22H19N3O3/c1-3-28-22(26)19-13-20(16-10-7-11-17(12-16)27-2)25-21(23-19)14-18(24-25)15-8-5-4-6-9-15/h4-14H,3H2,1-2H3. The van der Waals surface area contributed by atoms with Gasteiger partial charge in [0.2, 0.25) is 0 Å². The largest absolute Gasteiger partial charge is 0.497 e. The summed E-state index contributed by atoms with van der Waals surface area (Å²) in [6.07, 6.45) is 0. The molecule has 0 amide bonds. The molecule has 28 heavy (non-hydrogen) atoms. The summed E-state index contributed by atoms with van der Waals surface area (Å²) in [4.78, 5) is 16.8. The first-order valence-corrected chi connectivity index (χ1v) is 8.97. The predicted octanol–water partition coefficient (Wildman–Crippen LogP) is 4.25. The van der Waals surface area contributed by atoms with Gasteiger partial charge in [0.1, 0.15) is 5.75 Å². The normalized spacial score (nSPS) is 10.8. The van der Waals surface area contributed by atoms with E-state index in [0.717, 1.165) is 28.3 Å². The SMILES string of the molecule is CCOC(=O)c1cc(-c2cccc(OC)c2)n2nc(-c3ccccc3)cc2n1. The van der Waals surface area contributed by atoms with Crippen LogP contribution in [-0.2, 0) is 4.74 Å². The van der Waals surface area contributed by atoms with Gasteiger partial charge in [-0.3, -0.25) is 0 Å². The Morgan fingerprint density at radius 3 is 2.54 bits per heavy atom. The van der Waals surface area contributed by atoms with Gasteiger partial charge in [-0.1, -0.05) is 42.5 Å². The van der Waals surface area contributed by atoms with Crippen LogP contribution >= 0.6 is 0 Å². The fourth-order valence-electron chi connectivity index (χ4n) is 3.02. The topological polar surface area (TPSA) is 65.7 Å². The van der Waals surface area contributed by atoms with Crippen LogP contribution in [0.3, 0.4) is 0 Å². The number of esters is 1. The minimum absolute atomic E-state index is 0.242. The molecule has 0 saturated carbocycles. The Labute approximate surface area is 162 Å². The predicted molar refractivity (Wildman–Crippen MR) is 106 cm³/mol. The Hall–Kier alpha value is -3.67. The van der Waals surface area contributed by atoms with Crippen molar-refractivity contribution in [3.05, 3.63) is 72.4 Å². The second-order valence-electron chi connectivity index (χ2n) is 6.14. The molecule has 0 fully saturated rings. The van der Waals surface area contributed by atoms with Crippen molar-refractivity contribution in [2.24, 2.45) is 0 Å². The lowest BCUT2D eigenvalue weighted by molar-refractivity contribution is 0.0519. The number of carbonyl (C=O) groups excluding carboxylic acids is 1. The maximum Gasteiger partial charge on any atom is 0.357 e. The van der Waals surface area contributed by atoms with Crippen LogP contribution in [0.5, 0.6) is 5.75 Å². The van der Waals surface area contributed by atoms with Gasteiger partial charge < -0.3 is 9.47 Å². The fraction of sp³-hybridized carbons (Fsp3) is 0.136. The lowest BCUT2D eigenvalue weighted by Gasteiger charge is -2.09. The summed E-state index contributed by atoms with van der Waals surface area (Å²) < 4.78 is 12.2. The highest BCUT2D eigenvalue weighted by molar-refractivity contribution is 5.89. The number of aromatic nitrogens is 3. The fourth-order valence-corrected chi connectivity index (χ4v) is 3.02. The van der Waals surface area contributed by atoms with Gasteiger partial charge in [0, 0.05) is 17.2 Å². The van der Waals surface area contributed by atoms with E-state index < -0.39 is 5.97 Å². The van der Waals surface area contributed by atoms with Gasteiger partial charge in [-0.05, 0) is 25.1 Å². The second kappa shape index (κ2) is 7.52. The number of fused-ring (bicyclic) bond motifs is 1. The summed E-state index contributed by atoms with van der Waals surface area (Å²) in [6.45, 7) is 2.06. The zero-order valence-corrected chi connectivity index (χ0v) is 15.6. The summed E-state index contributed by atoms with van der Waals surface area (Å²) in [7, 11) is 1.62. The molecule has 0 spiro atoms. The zero-order chi connectivity index (χ0) is 19.5. The zero-order valence-electron chi connectivity index (χ0n) is 15.6. The van der Waals surface area contributed by atoms with Crippen molar-refractivity contribution in [1.82, 2.24) is 14.6 Å². The maximum atomic E-state index is 12.3. The summed E-state index contributed by atoms with van der Waals surface area (Å²) in [5.41, 5.74) is 4.16. The number of hydrogen-bond donors (Lipinski definition) is 0. The van der Waals surface area contributed by atoms with Crippen LogP contribution in [0.4, 0.5) is 0 Å². The highest BCUT2D eigenvalue weighted by atomic mass is 16.5. The van der Waals surface area contributed by atoms with Crippen molar-refractivity contribution in [3.63, 3.8) is 0 Å². The molecule has 0 unspecified atom stereocenters. The van der Waals surface area contributed by atoms with Crippen molar-refractivity contribution in [2.75, 3.05) is 13.7 Å². The number of benzene rings is 2. The molecule has 0 bridgehead atoms. The number of nitrogens with zero attached hydrogens (tertiary/aromatic N) is 3. The van der Waals surface area contributed by atoms with Gasteiger partial charge in [-0.25, -0.2) is 14.3 Å². The van der Waals surface area contributed by atoms with Crippen LogP contribution in [0.15, 0.2) is 66.7 Å². The van der Waals surface area contributed by atoms with Gasteiger partial charge in [-0.15, -0.1) is 0 Å². The molecule has 0 radical (unpaired) electrons. The molecule has 0 N–H and O–H groups in total. The molecule has 0 saturated heterocycles. The summed E-state index contributed by atoms with van der Waals surface area (Å²) in [5, 5.41) is 4.72. The van der Waals surface area contributed by atoms with Crippen LogP contribution in [-0.4, -0.2) is 34.3 Å². The van der Waals surface area contributed by atoms with Crippen LogP contribution in [0.25, 0.3) is 28.2 Å².